The second-order valence-electron chi connectivity index (χ2n) is 18.7. The van der Waals surface area contributed by atoms with Gasteiger partial charge in [0.25, 0.3) is 0 Å². The van der Waals surface area contributed by atoms with E-state index in [9.17, 15) is 0 Å². The van der Waals surface area contributed by atoms with Gasteiger partial charge in [-0.3, -0.25) is 0 Å². The Morgan fingerprint density at radius 1 is 0.284 bits per heavy atom. The monoisotopic (exact) mass is 877 g/mol. The van der Waals surface area contributed by atoms with E-state index in [1.54, 1.807) is 0 Å². The number of anilines is 6. The lowest BCUT2D eigenvalue weighted by Gasteiger charge is -2.35. The van der Waals surface area contributed by atoms with Gasteiger partial charge in [0.15, 0.2) is 0 Å². The van der Waals surface area contributed by atoms with Crippen molar-refractivity contribution in [2.75, 3.05) is 9.80 Å². The van der Waals surface area contributed by atoms with Crippen LogP contribution in [0, 0.1) is 0 Å². The molecule has 0 amide bonds. The highest BCUT2D eigenvalue weighted by Gasteiger charge is 2.46. The molecule has 0 aliphatic heterocycles. The van der Waals surface area contributed by atoms with Gasteiger partial charge in [0.2, 0.25) is 0 Å². The summed E-state index contributed by atoms with van der Waals surface area (Å²) in [5.74, 6) is 0. The SMILES string of the molecule is CCCCc1ccc(N(c2ccc(CCCC)cc2)c2ccc(C3(c4ccc(N(c5ccc(CCCC)cc5)c5ccc(CCCC)cc5)cc4)c4ccccc4-c4ccccc43)cc2)cc1. The van der Waals surface area contributed by atoms with E-state index in [0.29, 0.717) is 0 Å². The lowest BCUT2D eigenvalue weighted by Crippen LogP contribution is -2.28. The molecule has 0 radical (unpaired) electrons. The van der Waals surface area contributed by atoms with E-state index in [4.69, 9.17) is 0 Å². The molecule has 2 nitrogen and oxygen atoms in total. The molecule has 0 saturated heterocycles. The number of unbranched alkanes of at least 4 members (excludes halogenated alkanes) is 4. The summed E-state index contributed by atoms with van der Waals surface area (Å²) >= 11 is 0. The molecule has 338 valence electrons. The molecule has 0 aromatic heterocycles. The van der Waals surface area contributed by atoms with Gasteiger partial charge in [0.05, 0.1) is 5.41 Å². The summed E-state index contributed by atoms with van der Waals surface area (Å²) in [6, 6.07) is 74.1. The number of rotatable bonds is 20. The largest absolute Gasteiger partial charge is 0.311 e. The molecule has 9 rings (SSSR count). The summed E-state index contributed by atoms with van der Waals surface area (Å²) in [6.07, 6.45) is 14.1. The molecule has 0 unspecified atom stereocenters. The van der Waals surface area contributed by atoms with E-state index in [1.807, 2.05) is 0 Å². The quantitative estimate of drug-likeness (QED) is 0.0753. The molecular weight excluding hydrogens is 809 g/mol. The van der Waals surface area contributed by atoms with Crippen LogP contribution in [-0.4, -0.2) is 0 Å². The Morgan fingerprint density at radius 3 is 0.776 bits per heavy atom. The molecule has 0 saturated carbocycles. The van der Waals surface area contributed by atoms with E-state index < -0.39 is 5.41 Å². The summed E-state index contributed by atoms with van der Waals surface area (Å²) in [6.45, 7) is 9.07. The topological polar surface area (TPSA) is 6.48 Å². The average molecular weight is 877 g/mol. The smallest absolute Gasteiger partial charge is 0.0713 e. The Bertz CT molecular complexity index is 2500. The number of hydrogen-bond acceptors (Lipinski definition) is 2. The second-order valence-corrected chi connectivity index (χ2v) is 18.7. The second kappa shape index (κ2) is 21.3. The lowest BCUT2D eigenvalue weighted by molar-refractivity contribution is 0.768. The predicted molar refractivity (Wildman–Crippen MR) is 288 cm³/mol. The summed E-state index contributed by atoms with van der Waals surface area (Å²) < 4.78 is 0. The van der Waals surface area contributed by atoms with Gasteiger partial charge < -0.3 is 9.80 Å². The molecule has 67 heavy (non-hydrogen) atoms. The number of benzene rings is 8. The first-order valence-corrected chi connectivity index (χ1v) is 25.4. The molecule has 8 aromatic carbocycles. The predicted octanol–water partition coefficient (Wildman–Crippen LogP) is 18.4. The highest BCUT2D eigenvalue weighted by molar-refractivity contribution is 5.87. The summed E-state index contributed by atoms with van der Waals surface area (Å²) in [7, 11) is 0. The van der Waals surface area contributed by atoms with E-state index in [2.05, 4.69) is 232 Å². The summed E-state index contributed by atoms with van der Waals surface area (Å²) in [5.41, 5.74) is 19.8. The van der Waals surface area contributed by atoms with Crippen molar-refractivity contribution in [1.82, 2.24) is 0 Å². The first-order chi connectivity index (χ1) is 33.0. The Morgan fingerprint density at radius 2 is 0.522 bits per heavy atom. The Balaban J connectivity index is 1.15. The van der Waals surface area contributed by atoms with Gasteiger partial charge in [0, 0.05) is 34.1 Å². The third-order valence-corrected chi connectivity index (χ3v) is 14.1. The molecule has 1 aliphatic carbocycles. The van der Waals surface area contributed by atoms with E-state index in [0.717, 1.165) is 37.1 Å². The number of aryl methyl sites for hydroxylation is 4. The van der Waals surface area contributed by atoms with E-state index in [1.165, 1.54) is 130 Å². The van der Waals surface area contributed by atoms with Gasteiger partial charge in [-0.1, -0.05) is 175 Å². The molecule has 1 aliphatic rings. The van der Waals surface area contributed by atoms with Crippen LogP contribution in [0.4, 0.5) is 34.1 Å². The first kappa shape index (κ1) is 45.5. The molecule has 8 aromatic rings. The molecule has 0 heterocycles. The Kier molecular flexibility index (Phi) is 14.5. The Hall–Kier alpha value is -6.64. The lowest BCUT2D eigenvalue weighted by atomic mass is 9.67. The summed E-state index contributed by atoms with van der Waals surface area (Å²) in [5, 5.41) is 0. The molecule has 0 N–H and O–H groups in total. The minimum atomic E-state index is -0.524. The maximum absolute atomic E-state index is 2.43. The van der Waals surface area contributed by atoms with Crippen LogP contribution in [0.1, 0.15) is 124 Å². The van der Waals surface area contributed by atoms with Crippen molar-refractivity contribution < 1.29 is 0 Å². The van der Waals surface area contributed by atoms with E-state index in [-0.39, 0.29) is 0 Å². The van der Waals surface area contributed by atoms with Crippen molar-refractivity contribution in [3.8, 4) is 11.1 Å². The standard InChI is InChI=1S/C65H68N2/c1-5-9-17-49-25-37-55(38-26-49)66(56-39-27-50(28-40-56)18-10-6-2)59-45-33-53(34-46-59)65(63-23-15-13-21-61(63)62-22-14-16-24-64(62)65)54-35-47-60(48-36-54)67(57-41-29-51(30-42-57)19-11-7-3)58-43-31-52(32-44-58)20-12-8-4/h13-16,21-48H,5-12,17-20H2,1-4H3. The molecular formula is C65H68N2. The van der Waals surface area contributed by atoms with Crippen LogP contribution in [0.3, 0.4) is 0 Å². The molecule has 0 spiro atoms. The van der Waals surface area contributed by atoms with Crippen molar-refractivity contribution in [1.29, 1.82) is 0 Å². The maximum Gasteiger partial charge on any atom is 0.0713 e. The van der Waals surface area contributed by atoms with Gasteiger partial charge in [-0.05, 0) is 180 Å². The number of nitrogens with zero attached hydrogens (tertiary/aromatic N) is 2. The number of fused-ring (bicyclic) bond motifs is 3. The highest BCUT2D eigenvalue weighted by Crippen LogP contribution is 2.56. The zero-order chi connectivity index (χ0) is 46.0. The minimum absolute atomic E-state index is 0.524. The zero-order valence-electron chi connectivity index (χ0n) is 40.4. The fourth-order valence-corrected chi connectivity index (χ4v) is 10.4. The van der Waals surface area contributed by atoms with Gasteiger partial charge in [-0.25, -0.2) is 0 Å². The van der Waals surface area contributed by atoms with Gasteiger partial charge in [-0.2, -0.15) is 0 Å². The van der Waals surface area contributed by atoms with Crippen molar-refractivity contribution in [3.63, 3.8) is 0 Å². The Labute approximate surface area is 402 Å². The normalized spacial score (nSPS) is 12.4. The fourth-order valence-electron chi connectivity index (χ4n) is 10.4. The molecule has 2 heteroatoms. The van der Waals surface area contributed by atoms with Gasteiger partial charge in [0.1, 0.15) is 0 Å². The van der Waals surface area contributed by atoms with Crippen LogP contribution >= 0.6 is 0 Å². The van der Waals surface area contributed by atoms with Crippen LogP contribution in [0.2, 0.25) is 0 Å². The van der Waals surface area contributed by atoms with Crippen LogP contribution in [-0.2, 0) is 31.1 Å². The summed E-state index contributed by atoms with van der Waals surface area (Å²) in [4.78, 5) is 4.85. The van der Waals surface area contributed by atoms with Crippen LogP contribution < -0.4 is 9.80 Å². The molecule has 0 fully saturated rings. The van der Waals surface area contributed by atoms with Gasteiger partial charge >= 0.3 is 0 Å². The highest BCUT2D eigenvalue weighted by atomic mass is 15.1. The van der Waals surface area contributed by atoms with Crippen LogP contribution in [0.25, 0.3) is 11.1 Å². The molecule has 0 bridgehead atoms. The van der Waals surface area contributed by atoms with Crippen molar-refractivity contribution in [2.45, 2.75) is 110 Å². The van der Waals surface area contributed by atoms with Crippen molar-refractivity contribution >= 4 is 34.1 Å². The number of hydrogen-bond donors (Lipinski definition) is 0. The average Bonchev–Trinajstić information content (AvgIpc) is 3.69. The third kappa shape index (κ3) is 9.50. The van der Waals surface area contributed by atoms with Crippen molar-refractivity contribution in [2.24, 2.45) is 0 Å². The minimum Gasteiger partial charge on any atom is -0.311 e. The maximum atomic E-state index is 2.43. The van der Waals surface area contributed by atoms with Crippen LogP contribution in [0.15, 0.2) is 194 Å². The fraction of sp³-hybridized carbons (Fsp3) is 0.262. The van der Waals surface area contributed by atoms with Crippen molar-refractivity contribution in [3.05, 3.63) is 239 Å². The zero-order valence-corrected chi connectivity index (χ0v) is 40.4. The molecule has 0 atom stereocenters. The first-order valence-electron chi connectivity index (χ1n) is 25.4. The van der Waals surface area contributed by atoms with E-state index >= 15 is 0 Å². The van der Waals surface area contributed by atoms with Crippen LogP contribution in [0.5, 0.6) is 0 Å². The van der Waals surface area contributed by atoms with Gasteiger partial charge in [-0.15, -0.1) is 0 Å². The third-order valence-electron chi connectivity index (χ3n) is 14.1.